The van der Waals surface area contributed by atoms with Gasteiger partial charge in [0, 0.05) is 28.2 Å². The molecule has 8 heteroatoms. The van der Waals surface area contributed by atoms with Crippen LogP contribution in [0, 0.1) is 25.5 Å². The molecule has 5 rings (SSSR count). The highest BCUT2D eigenvalue weighted by Gasteiger charge is 2.27. The van der Waals surface area contributed by atoms with Gasteiger partial charge in [0.25, 0.3) is 5.91 Å². The molecule has 2 amide bonds. The number of nitrogens with one attached hydrogen (secondary N) is 1. The first-order valence-corrected chi connectivity index (χ1v) is 12.3. The molecule has 182 valence electrons. The van der Waals surface area contributed by atoms with Crippen LogP contribution in [-0.2, 0) is 17.6 Å². The van der Waals surface area contributed by atoms with Crippen LogP contribution in [0.1, 0.15) is 31.9 Å². The zero-order chi connectivity index (χ0) is 25.4. The lowest BCUT2D eigenvalue weighted by molar-refractivity contribution is -0.115. The van der Waals surface area contributed by atoms with Crippen molar-refractivity contribution >= 4 is 34.0 Å². The van der Waals surface area contributed by atoms with Crippen LogP contribution >= 0.6 is 11.3 Å². The zero-order valence-corrected chi connectivity index (χ0v) is 20.6. The maximum absolute atomic E-state index is 13.4. The minimum Gasteiger partial charge on any atom is -0.308 e. The summed E-state index contributed by atoms with van der Waals surface area (Å²) in [5.74, 6) is -2.30. The molecule has 1 aromatic heterocycles. The van der Waals surface area contributed by atoms with Crippen LogP contribution in [-0.4, -0.2) is 23.3 Å². The summed E-state index contributed by atoms with van der Waals surface area (Å²) in [6.07, 6.45) is 0.663. The van der Waals surface area contributed by atoms with Gasteiger partial charge in [-0.3, -0.25) is 9.59 Å². The van der Waals surface area contributed by atoms with Gasteiger partial charge in [0.15, 0.2) is 16.8 Å². The number of carbonyl (C=O) groups is 2. The van der Waals surface area contributed by atoms with Crippen molar-refractivity contribution in [3.63, 3.8) is 0 Å². The second-order valence-corrected chi connectivity index (χ2v) is 9.97. The molecule has 0 aliphatic carbocycles. The van der Waals surface area contributed by atoms with E-state index in [0.29, 0.717) is 22.8 Å². The van der Waals surface area contributed by atoms with Crippen molar-refractivity contribution in [3.05, 3.63) is 99.4 Å². The van der Waals surface area contributed by atoms with E-state index in [1.807, 2.05) is 55.1 Å². The third kappa shape index (κ3) is 4.64. The van der Waals surface area contributed by atoms with Crippen molar-refractivity contribution in [3.8, 4) is 11.3 Å². The summed E-state index contributed by atoms with van der Waals surface area (Å²) >= 11 is 1.35. The average Bonchev–Trinajstić information content (AvgIpc) is 3.43. The number of thiazole rings is 1. The van der Waals surface area contributed by atoms with E-state index in [4.69, 9.17) is 0 Å². The minimum atomic E-state index is -0.983. The number of aromatic nitrogens is 1. The fourth-order valence-electron chi connectivity index (χ4n) is 4.43. The van der Waals surface area contributed by atoms with E-state index in [0.717, 1.165) is 51.5 Å². The summed E-state index contributed by atoms with van der Waals surface area (Å²) in [5, 5.41) is 3.19. The Morgan fingerprint density at radius 2 is 1.83 bits per heavy atom. The molecular weight excluding hydrogens is 480 g/mol. The van der Waals surface area contributed by atoms with Gasteiger partial charge in [-0.25, -0.2) is 13.8 Å². The number of anilines is 2. The number of amides is 2. The van der Waals surface area contributed by atoms with Crippen molar-refractivity contribution in [2.75, 3.05) is 16.8 Å². The van der Waals surface area contributed by atoms with Gasteiger partial charge in [-0.15, -0.1) is 11.3 Å². The van der Waals surface area contributed by atoms with Crippen LogP contribution in [0.25, 0.3) is 11.3 Å². The third-order valence-electron chi connectivity index (χ3n) is 6.26. The molecule has 0 saturated heterocycles. The molecular formula is C28H23F2N3O2S. The minimum absolute atomic E-state index is 0.00419. The molecule has 0 fully saturated rings. The summed E-state index contributed by atoms with van der Waals surface area (Å²) in [6.45, 7) is 4.49. The standard InChI is InChI=1S/C28H23F2N3O2S/c1-16-5-3-4-6-21(16)27(35)33-12-11-19-15-20(8-10-24(19)33)26-17(2)36-28(32-26)31-25(34)14-18-7-9-22(29)23(30)13-18/h3-10,13,15H,11-12,14H2,1-2H3,(H,31,32,34). The van der Waals surface area contributed by atoms with Gasteiger partial charge in [0.1, 0.15) is 0 Å². The molecule has 4 aromatic rings. The second kappa shape index (κ2) is 9.62. The highest BCUT2D eigenvalue weighted by molar-refractivity contribution is 7.16. The molecule has 0 atom stereocenters. The summed E-state index contributed by atoms with van der Waals surface area (Å²) in [6, 6.07) is 16.9. The summed E-state index contributed by atoms with van der Waals surface area (Å²) in [7, 11) is 0. The predicted octanol–water partition coefficient (Wildman–Crippen LogP) is 6.09. The van der Waals surface area contributed by atoms with Crippen LogP contribution in [0.3, 0.4) is 0 Å². The van der Waals surface area contributed by atoms with E-state index in [-0.39, 0.29) is 18.2 Å². The Morgan fingerprint density at radius 3 is 2.61 bits per heavy atom. The normalized spacial score (nSPS) is 12.5. The number of carbonyl (C=O) groups excluding carboxylic acids is 2. The molecule has 0 saturated carbocycles. The van der Waals surface area contributed by atoms with Gasteiger partial charge in [0.05, 0.1) is 12.1 Å². The number of fused-ring (bicyclic) bond motifs is 1. The van der Waals surface area contributed by atoms with Gasteiger partial charge in [0.2, 0.25) is 5.91 Å². The Balaban J connectivity index is 1.32. The fourth-order valence-corrected chi connectivity index (χ4v) is 5.29. The zero-order valence-electron chi connectivity index (χ0n) is 19.8. The van der Waals surface area contributed by atoms with Crippen LogP contribution < -0.4 is 10.2 Å². The SMILES string of the molecule is Cc1ccccc1C(=O)N1CCc2cc(-c3nc(NC(=O)Cc4ccc(F)c(F)c4)sc3C)ccc21. The Kier molecular flexibility index (Phi) is 6.36. The van der Waals surface area contributed by atoms with E-state index < -0.39 is 11.6 Å². The summed E-state index contributed by atoms with van der Waals surface area (Å²) in [5.41, 5.74) is 5.68. The topological polar surface area (TPSA) is 62.3 Å². The molecule has 3 aromatic carbocycles. The number of benzene rings is 3. The molecule has 0 unspecified atom stereocenters. The largest absolute Gasteiger partial charge is 0.308 e. The molecule has 0 bridgehead atoms. The maximum Gasteiger partial charge on any atom is 0.258 e. The van der Waals surface area contributed by atoms with Crippen LogP contribution in [0.5, 0.6) is 0 Å². The van der Waals surface area contributed by atoms with Crippen LogP contribution in [0.4, 0.5) is 19.6 Å². The highest BCUT2D eigenvalue weighted by atomic mass is 32.1. The van der Waals surface area contributed by atoms with Gasteiger partial charge >= 0.3 is 0 Å². The number of hydrogen-bond acceptors (Lipinski definition) is 4. The molecule has 1 N–H and O–H groups in total. The summed E-state index contributed by atoms with van der Waals surface area (Å²) < 4.78 is 26.6. The lowest BCUT2D eigenvalue weighted by Gasteiger charge is -2.18. The van der Waals surface area contributed by atoms with Crippen LogP contribution in [0.2, 0.25) is 0 Å². The van der Waals surface area contributed by atoms with Crippen LogP contribution in [0.15, 0.2) is 60.7 Å². The Hall–Kier alpha value is -3.91. The Labute approximate surface area is 211 Å². The molecule has 2 heterocycles. The molecule has 0 radical (unpaired) electrons. The van der Waals surface area contributed by atoms with Gasteiger partial charge < -0.3 is 10.2 Å². The molecule has 36 heavy (non-hydrogen) atoms. The van der Waals surface area contributed by atoms with Crippen molar-refractivity contribution < 1.29 is 18.4 Å². The van der Waals surface area contributed by atoms with Crippen molar-refractivity contribution in [1.82, 2.24) is 4.98 Å². The number of hydrogen-bond donors (Lipinski definition) is 1. The average molecular weight is 504 g/mol. The fraction of sp³-hybridized carbons (Fsp3) is 0.179. The number of nitrogens with zero attached hydrogens (tertiary/aromatic N) is 2. The maximum atomic E-state index is 13.4. The van der Waals surface area contributed by atoms with Gasteiger partial charge in [-0.05, 0) is 67.3 Å². The predicted molar refractivity (Wildman–Crippen MR) is 138 cm³/mol. The summed E-state index contributed by atoms with van der Waals surface area (Å²) in [4.78, 5) is 32.9. The quantitative estimate of drug-likeness (QED) is 0.359. The Morgan fingerprint density at radius 1 is 1.03 bits per heavy atom. The van der Waals surface area contributed by atoms with Gasteiger partial charge in [-0.1, -0.05) is 30.3 Å². The number of halogens is 2. The van der Waals surface area contributed by atoms with E-state index in [9.17, 15) is 18.4 Å². The number of aryl methyl sites for hydroxylation is 2. The van der Waals surface area contributed by atoms with E-state index in [1.165, 1.54) is 17.4 Å². The van der Waals surface area contributed by atoms with Gasteiger partial charge in [-0.2, -0.15) is 0 Å². The molecule has 5 nitrogen and oxygen atoms in total. The lowest BCUT2D eigenvalue weighted by Crippen LogP contribution is -2.29. The molecule has 1 aliphatic rings. The van der Waals surface area contributed by atoms with Crippen molar-refractivity contribution in [1.29, 1.82) is 0 Å². The Bertz CT molecular complexity index is 1500. The van der Waals surface area contributed by atoms with E-state index in [2.05, 4.69) is 16.4 Å². The second-order valence-electron chi connectivity index (χ2n) is 8.76. The first-order valence-electron chi connectivity index (χ1n) is 11.5. The molecule has 0 spiro atoms. The van der Waals surface area contributed by atoms with E-state index in [1.54, 1.807) is 0 Å². The number of rotatable bonds is 5. The molecule has 1 aliphatic heterocycles. The first kappa shape index (κ1) is 23.8. The smallest absolute Gasteiger partial charge is 0.258 e. The third-order valence-corrected chi connectivity index (χ3v) is 7.15. The lowest BCUT2D eigenvalue weighted by atomic mass is 10.0. The van der Waals surface area contributed by atoms with Crippen molar-refractivity contribution in [2.45, 2.75) is 26.7 Å². The highest BCUT2D eigenvalue weighted by Crippen LogP contribution is 2.36. The van der Waals surface area contributed by atoms with Crippen molar-refractivity contribution in [2.24, 2.45) is 0 Å². The monoisotopic (exact) mass is 503 g/mol. The van der Waals surface area contributed by atoms with E-state index >= 15 is 0 Å². The first-order chi connectivity index (χ1) is 17.3.